The van der Waals surface area contributed by atoms with Crippen molar-refractivity contribution in [1.29, 1.82) is 0 Å². The number of hydrogen-bond donors (Lipinski definition) is 2. The molecule has 9 nitrogen and oxygen atoms in total. The third kappa shape index (κ3) is 5.98. The molecule has 0 aliphatic carbocycles. The number of aromatic nitrogens is 3. The molecule has 4 heterocycles. The first-order valence-corrected chi connectivity index (χ1v) is 11.4. The number of amides is 1. The van der Waals surface area contributed by atoms with E-state index in [0.717, 1.165) is 18.6 Å². The highest BCUT2D eigenvalue weighted by Crippen LogP contribution is 2.33. The van der Waals surface area contributed by atoms with Gasteiger partial charge in [0.1, 0.15) is 12.5 Å². The monoisotopic (exact) mass is 515 g/mol. The normalized spacial score (nSPS) is 23.5. The summed E-state index contributed by atoms with van der Waals surface area (Å²) in [6.45, 7) is 1.22. The lowest BCUT2D eigenvalue weighted by molar-refractivity contribution is -0.137. The predicted molar refractivity (Wildman–Crippen MR) is 119 cm³/mol. The molecule has 36 heavy (non-hydrogen) atoms. The Balaban J connectivity index is 1.46. The van der Waals surface area contributed by atoms with Crippen molar-refractivity contribution in [2.75, 3.05) is 56.2 Å². The Hall–Kier alpha value is -3.13. The first-order chi connectivity index (χ1) is 17.1. The Morgan fingerprint density at radius 1 is 1.22 bits per heavy atom. The summed E-state index contributed by atoms with van der Waals surface area (Å²) in [5, 5.41) is 2.85. The number of halogens is 5. The Bertz CT molecular complexity index is 1060. The predicted octanol–water partition coefficient (Wildman–Crippen LogP) is 2.16. The van der Waals surface area contributed by atoms with E-state index in [1.54, 1.807) is 9.80 Å². The van der Waals surface area contributed by atoms with Crippen molar-refractivity contribution >= 4 is 17.5 Å². The molecule has 2 unspecified atom stereocenters. The molecule has 1 amide bonds. The zero-order valence-corrected chi connectivity index (χ0v) is 19.2. The number of pyridine rings is 1. The Morgan fingerprint density at radius 2 is 2.03 bits per heavy atom. The van der Waals surface area contributed by atoms with Gasteiger partial charge in [-0.05, 0) is 25.1 Å². The van der Waals surface area contributed by atoms with Crippen molar-refractivity contribution in [1.82, 2.24) is 19.9 Å². The molecule has 4 rings (SSSR count). The second-order valence-electron chi connectivity index (χ2n) is 8.76. The fourth-order valence-corrected chi connectivity index (χ4v) is 4.39. The van der Waals surface area contributed by atoms with E-state index in [2.05, 4.69) is 20.3 Å². The fraction of sp³-hybridized carbons (Fsp3) is 0.545. The molecule has 0 radical (unpaired) electrons. The lowest BCUT2D eigenvalue weighted by Gasteiger charge is -2.36. The molecule has 2 aliphatic rings. The molecule has 0 spiro atoms. The molecule has 14 heteroatoms. The van der Waals surface area contributed by atoms with Crippen LogP contribution < -0.4 is 16.0 Å². The number of ether oxygens (including phenoxy) is 1. The van der Waals surface area contributed by atoms with E-state index in [0.29, 0.717) is 13.0 Å². The highest BCUT2D eigenvalue weighted by atomic mass is 19.4. The molecular formula is C22H26F5N7O2. The van der Waals surface area contributed by atoms with E-state index >= 15 is 4.39 Å². The summed E-state index contributed by atoms with van der Waals surface area (Å²) < 4.78 is 74.2. The smallest absolute Gasteiger partial charge is 0.377 e. The number of carbonyl (C=O) groups is 1. The number of nitrogens with one attached hydrogen (secondary N) is 1. The Kier molecular flexibility index (Phi) is 7.83. The zero-order valence-electron chi connectivity index (χ0n) is 19.2. The fourth-order valence-electron chi connectivity index (χ4n) is 4.39. The second kappa shape index (κ2) is 10.9. The van der Waals surface area contributed by atoms with Crippen molar-refractivity contribution in [3.63, 3.8) is 0 Å². The quantitative estimate of drug-likeness (QED) is 0.540. The molecule has 2 aromatic rings. The standard InChI is InChI=1S/C22H26F5N7O2/c23-15-9-33(10-18(28)35)4-3-13(15)7-30-20-19(24)21(32-12-31-20)34-5-6-36-11-17(34)16-2-1-14(8-29-16)22(25,26)27/h1-2,8,12-13,15,17H,3-7,9-11H2,(H2,28,35)(H,30,31,32)/t13?,15?,17-/m1/s1. The number of nitrogens with two attached hydrogens (primary N) is 1. The minimum atomic E-state index is -4.52. The van der Waals surface area contributed by atoms with Gasteiger partial charge in [-0.3, -0.25) is 14.7 Å². The third-order valence-electron chi connectivity index (χ3n) is 6.30. The summed E-state index contributed by atoms with van der Waals surface area (Å²) in [5.41, 5.74) is 4.56. The topological polar surface area (TPSA) is 110 Å². The largest absolute Gasteiger partial charge is 0.417 e. The van der Waals surface area contributed by atoms with Gasteiger partial charge in [-0.1, -0.05) is 0 Å². The van der Waals surface area contributed by atoms with Crippen LogP contribution in [0.4, 0.5) is 33.6 Å². The van der Waals surface area contributed by atoms with Gasteiger partial charge in [-0.2, -0.15) is 17.6 Å². The summed E-state index contributed by atoms with van der Waals surface area (Å²) in [4.78, 5) is 26.2. The molecule has 2 aliphatic heterocycles. The van der Waals surface area contributed by atoms with E-state index < -0.39 is 41.6 Å². The first kappa shape index (κ1) is 25.9. The highest BCUT2D eigenvalue weighted by molar-refractivity contribution is 5.75. The minimum Gasteiger partial charge on any atom is -0.377 e. The number of piperidine rings is 1. The third-order valence-corrected chi connectivity index (χ3v) is 6.30. The summed E-state index contributed by atoms with van der Waals surface area (Å²) in [6, 6.07) is 1.49. The van der Waals surface area contributed by atoms with Crippen LogP contribution in [0.15, 0.2) is 24.7 Å². The summed E-state index contributed by atoms with van der Waals surface area (Å²) in [7, 11) is 0. The molecule has 3 N–H and O–H groups in total. The van der Waals surface area contributed by atoms with Gasteiger partial charge < -0.3 is 20.7 Å². The molecule has 0 bridgehead atoms. The van der Waals surface area contributed by atoms with Crippen molar-refractivity contribution in [2.45, 2.75) is 24.8 Å². The number of nitrogens with zero attached hydrogens (tertiary/aromatic N) is 5. The van der Waals surface area contributed by atoms with Crippen LogP contribution in [0.3, 0.4) is 0 Å². The van der Waals surface area contributed by atoms with Crippen molar-refractivity contribution in [3.05, 3.63) is 41.7 Å². The minimum absolute atomic E-state index is 0.0149. The number of anilines is 2. The molecule has 2 aromatic heterocycles. The van der Waals surface area contributed by atoms with E-state index in [9.17, 15) is 22.4 Å². The van der Waals surface area contributed by atoms with Gasteiger partial charge >= 0.3 is 6.18 Å². The van der Waals surface area contributed by atoms with Crippen LogP contribution in [0.25, 0.3) is 0 Å². The van der Waals surface area contributed by atoms with Crippen molar-refractivity contribution < 1.29 is 31.5 Å². The number of morpholine rings is 1. The molecule has 0 saturated carbocycles. The number of rotatable bonds is 7. The number of likely N-dealkylation sites (tertiary alicyclic amines) is 1. The van der Waals surface area contributed by atoms with Crippen LogP contribution in [0.2, 0.25) is 0 Å². The molecule has 3 atom stereocenters. The number of carbonyl (C=O) groups excluding carboxylic acids is 1. The van der Waals surface area contributed by atoms with E-state index in [-0.39, 0.29) is 56.7 Å². The van der Waals surface area contributed by atoms with Crippen LogP contribution in [0, 0.1) is 11.7 Å². The summed E-state index contributed by atoms with van der Waals surface area (Å²) in [5.74, 6) is -1.88. The molecule has 2 fully saturated rings. The van der Waals surface area contributed by atoms with Crippen LogP contribution in [0.1, 0.15) is 23.7 Å². The van der Waals surface area contributed by atoms with E-state index in [1.165, 1.54) is 6.07 Å². The maximum absolute atomic E-state index is 15.4. The zero-order chi connectivity index (χ0) is 25.9. The van der Waals surface area contributed by atoms with Gasteiger partial charge in [0.2, 0.25) is 11.7 Å². The van der Waals surface area contributed by atoms with E-state index in [1.807, 2.05) is 0 Å². The van der Waals surface area contributed by atoms with Gasteiger partial charge in [-0.25, -0.2) is 14.4 Å². The number of alkyl halides is 4. The Morgan fingerprint density at radius 3 is 2.69 bits per heavy atom. The van der Waals surface area contributed by atoms with Crippen molar-refractivity contribution in [2.24, 2.45) is 11.7 Å². The summed E-state index contributed by atoms with van der Waals surface area (Å²) in [6.07, 6.45) is -3.41. The lowest BCUT2D eigenvalue weighted by atomic mass is 9.95. The van der Waals surface area contributed by atoms with Gasteiger partial charge in [0, 0.05) is 31.7 Å². The van der Waals surface area contributed by atoms with Crippen LogP contribution >= 0.6 is 0 Å². The van der Waals surface area contributed by atoms with E-state index in [4.69, 9.17) is 10.5 Å². The van der Waals surface area contributed by atoms with Crippen molar-refractivity contribution in [3.8, 4) is 0 Å². The number of primary amides is 1. The molecule has 196 valence electrons. The average molecular weight is 515 g/mol. The lowest BCUT2D eigenvalue weighted by Crippen LogP contribution is -2.46. The highest BCUT2D eigenvalue weighted by Gasteiger charge is 2.34. The Labute approximate surface area is 203 Å². The van der Waals surface area contributed by atoms with Crippen LogP contribution in [-0.4, -0.2) is 77.9 Å². The number of hydrogen-bond acceptors (Lipinski definition) is 8. The first-order valence-electron chi connectivity index (χ1n) is 11.4. The van der Waals surface area contributed by atoms with Crippen LogP contribution in [-0.2, 0) is 15.7 Å². The summed E-state index contributed by atoms with van der Waals surface area (Å²) >= 11 is 0. The van der Waals surface area contributed by atoms with Gasteiger partial charge in [0.15, 0.2) is 11.6 Å². The molecular weight excluding hydrogens is 489 g/mol. The van der Waals surface area contributed by atoms with Crippen LogP contribution in [0.5, 0.6) is 0 Å². The van der Waals surface area contributed by atoms with Gasteiger partial charge in [0.25, 0.3) is 0 Å². The average Bonchev–Trinajstić information content (AvgIpc) is 2.83. The maximum atomic E-state index is 15.4. The molecule has 0 aromatic carbocycles. The SMILES string of the molecule is NC(=O)CN1CCC(CNc2ncnc(N3CCOC[C@@H]3c3ccc(C(F)(F)F)cn3)c2F)C(F)C1. The maximum Gasteiger partial charge on any atom is 0.417 e. The van der Waals surface area contributed by atoms with Gasteiger partial charge in [-0.15, -0.1) is 0 Å². The molecule has 2 saturated heterocycles. The van der Waals surface area contributed by atoms with Gasteiger partial charge in [0.05, 0.1) is 37.1 Å². The second-order valence-corrected chi connectivity index (χ2v) is 8.76.